The molecule has 3 aromatic rings. The van der Waals surface area contributed by atoms with Crippen LogP contribution < -0.4 is 4.90 Å². The summed E-state index contributed by atoms with van der Waals surface area (Å²) in [6.45, 7) is 5.49. The maximum Gasteiger partial charge on any atom is 0.338 e. The number of hydrogen-bond acceptors (Lipinski definition) is 3. The normalized spacial score (nSPS) is 10.8. The largest absolute Gasteiger partial charge is 0.478 e. The summed E-state index contributed by atoms with van der Waals surface area (Å²) in [7, 11) is 0. The van der Waals surface area contributed by atoms with Crippen molar-refractivity contribution in [1.82, 2.24) is 4.98 Å². The summed E-state index contributed by atoms with van der Waals surface area (Å²) in [4.78, 5) is 19.0. The minimum atomic E-state index is -0.923. The number of fused-ring (bicyclic) bond motifs is 1. The number of rotatable bonds is 5. The topological polar surface area (TPSA) is 53.4 Å². The molecule has 24 heavy (non-hydrogen) atoms. The molecule has 0 aliphatic rings. The number of aromatic carboxylic acids is 1. The Hall–Kier alpha value is -2.88. The summed E-state index contributed by atoms with van der Waals surface area (Å²) in [5.74, 6) is -0.923. The first kappa shape index (κ1) is 16.0. The van der Waals surface area contributed by atoms with Gasteiger partial charge >= 0.3 is 5.97 Å². The second-order valence-electron chi connectivity index (χ2n) is 5.54. The van der Waals surface area contributed by atoms with Crippen LogP contribution in [0.1, 0.15) is 24.2 Å². The van der Waals surface area contributed by atoms with E-state index in [1.54, 1.807) is 0 Å². The minimum Gasteiger partial charge on any atom is -0.478 e. The zero-order valence-corrected chi connectivity index (χ0v) is 13.9. The number of pyridine rings is 1. The molecule has 0 saturated heterocycles. The van der Waals surface area contributed by atoms with Crippen molar-refractivity contribution in [3.8, 4) is 11.3 Å². The predicted molar refractivity (Wildman–Crippen MR) is 97.7 cm³/mol. The highest BCUT2D eigenvalue weighted by atomic mass is 16.4. The van der Waals surface area contributed by atoms with Gasteiger partial charge in [-0.15, -0.1) is 0 Å². The van der Waals surface area contributed by atoms with E-state index in [0.717, 1.165) is 24.3 Å². The van der Waals surface area contributed by atoms with E-state index < -0.39 is 5.97 Å². The van der Waals surface area contributed by atoms with Crippen LogP contribution in [0.2, 0.25) is 0 Å². The van der Waals surface area contributed by atoms with Crippen LogP contribution in [-0.4, -0.2) is 29.1 Å². The van der Waals surface area contributed by atoms with Gasteiger partial charge < -0.3 is 10.0 Å². The lowest BCUT2D eigenvalue weighted by molar-refractivity contribution is 0.0699. The average molecular weight is 320 g/mol. The molecule has 1 N–H and O–H groups in total. The molecule has 0 unspecified atom stereocenters. The Labute approximate surface area is 141 Å². The van der Waals surface area contributed by atoms with Crippen molar-refractivity contribution in [3.63, 3.8) is 0 Å². The van der Waals surface area contributed by atoms with Crippen molar-refractivity contribution in [1.29, 1.82) is 0 Å². The molecule has 0 saturated carbocycles. The van der Waals surface area contributed by atoms with E-state index >= 15 is 0 Å². The SMILES string of the molecule is CCN(CC)c1c(-c2ccccc2)nc2ccccc2c1C(=O)O. The van der Waals surface area contributed by atoms with Gasteiger partial charge in [0.1, 0.15) is 0 Å². The number of aromatic nitrogens is 1. The van der Waals surface area contributed by atoms with Crippen LogP contribution in [0.15, 0.2) is 54.6 Å². The van der Waals surface area contributed by atoms with Gasteiger partial charge in [-0.3, -0.25) is 0 Å². The van der Waals surface area contributed by atoms with E-state index in [4.69, 9.17) is 4.98 Å². The maximum absolute atomic E-state index is 12.1. The summed E-state index contributed by atoms with van der Waals surface area (Å²) in [5.41, 5.74) is 3.35. The molecule has 4 nitrogen and oxygen atoms in total. The second-order valence-corrected chi connectivity index (χ2v) is 5.54. The summed E-state index contributed by atoms with van der Waals surface area (Å²) >= 11 is 0. The van der Waals surface area contributed by atoms with E-state index in [9.17, 15) is 9.90 Å². The Morgan fingerprint density at radius 1 is 1.00 bits per heavy atom. The van der Waals surface area contributed by atoms with Gasteiger partial charge in [-0.1, -0.05) is 48.5 Å². The first-order chi connectivity index (χ1) is 11.7. The molecular formula is C20H20N2O2. The van der Waals surface area contributed by atoms with Crippen LogP contribution in [-0.2, 0) is 0 Å². The minimum absolute atomic E-state index is 0.322. The highest BCUT2D eigenvalue weighted by molar-refractivity contribution is 6.10. The van der Waals surface area contributed by atoms with Crippen molar-refractivity contribution >= 4 is 22.6 Å². The van der Waals surface area contributed by atoms with Crippen molar-refractivity contribution < 1.29 is 9.90 Å². The third-order valence-electron chi connectivity index (χ3n) is 4.21. The molecular weight excluding hydrogens is 300 g/mol. The lowest BCUT2D eigenvalue weighted by atomic mass is 10.00. The first-order valence-corrected chi connectivity index (χ1v) is 8.13. The fourth-order valence-corrected chi connectivity index (χ4v) is 3.06. The molecule has 2 aromatic carbocycles. The zero-order chi connectivity index (χ0) is 17.1. The van der Waals surface area contributed by atoms with E-state index in [1.165, 1.54) is 0 Å². The second kappa shape index (κ2) is 6.71. The van der Waals surface area contributed by atoms with Crippen molar-refractivity contribution in [2.75, 3.05) is 18.0 Å². The van der Waals surface area contributed by atoms with E-state index in [2.05, 4.69) is 4.90 Å². The van der Waals surface area contributed by atoms with Crippen LogP contribution in [0.5, 0.6) is 0 Å². The number of anilines is 1. The summed E-state index contributed by atoms with van der Waals surface area (Å²) < 4.78 is 0. The molecule has 0 spiro atoms. The molecule has 0 aliphatic heterocycles. The van der Waals surface area contributed by atoms with E-state index in [0.29, 0.717) is 22.2 Å². The molecule has 122 valence electrons. The number of benzene rings is 2. The van der Waals surface area contributed by atoms with Crippen molar-refractivity contribution in [2.45, 2.75) is 13.8 Å². The third-order valence-corrected chi connectivity index (χ3v) is 4.21. The highest BCUT2D eigenvalue weighted by Gasteiger charge is 2.24. The number of hydrogen-bond donors (Lipinski definition) is 1. The number of nitrogens with zero attached hydrogens (tertiary/aromatic N) is 2. The van der Waals surface area contributed by atoms with Gasteiger partial charge in [0.05, 0.1) is 22.5 Å². The molecule has 1 heterocycles. The first-order valence-electron chi connectivity index (χ1n) is 8.13. The van der Waals surface area contributed by atoms with E-state index in [-0.39, 0.29) is 0 Å². The molecule has 0 fully saturated rings. The molecule has 0 aliphatic carbocycles. The molecule has 1 aromatic heterocycles. The Kier molecular flexibility index (Phi) is 4.47. The summed E-state index contributed by atoms with van der Waals surface area (Å²) in [6.07, 6.45) is 0. The van der Waals surface area contributed by atoms with Crippen LogP contribution in [0.3, 0.4) is 0 Å². The average Bonchev–Trinajstić information content (AvgIpc) is 2.62. The van der Waals surface area contributed by atoms with Crippen LogP contribution in [0, 0.1) is 0 Å². The lowest BCUT2D eigenvalue weighted by Crippen LogP contribution is -2.25. The van der Waals surface area contributed by atoms with Crippen LogP contribution in [0.4, 0.5) is 5.69 Å². The Bertz CT molecular complexity index is 871. The van der Waals surface area contributed by atoms with Crippen LogP contribution >= 0.6 is 0 Å². The van der Waals surface area contributed by atoms with Gasteiger partial charge in [0.2, 0.25) is 0 Å². The summed E-state index contributed by atoms with van der Waals surface area (Å²) in [6, 6.07) is 17.2. The molecule has 4 heteroatoms. The number of carboxylic acid groups (broad SMARTS) is 1. The quantitative estimate of drug-likeness (QED) is 0.755. The van der Waals surface area contributed by atoms with Gasteiger partial charge in [0, 0.05) is 24.0 Å². The molecule has 0 amide bonds. The fraction of sp³-hybridized carbons (Fsp3) is 0.200. The zero-order valence-electron chi connectivity index (χ0n) is 13.9. The number of para-hydroxylation sites is 1. The standard InChI is InChI=1S/C20H20N2O2/c1-3-22(4-2)19-17(20(23)24)15-12-8-9-13-16(15)21-18(19)14-10-6-5-7-11-14/h5-13H,3-4H2,1-2H3,(H,23,24). The van der Waals surface area contributed by atoms with Gasteiger partial charge in [0.25, 0.3) is 0 Å². The lowest BCUT2D eigenvalue weighted by Gasteiger charge is -2.26. The number of carbonyl (C=O) groups is 1. The van der Waals surface area contributed by atoms with Crippen LogP contribution in [0.25, 0.3) is 22.2 Å². The smallest absolute Gasteiger partial charge is 0.338 e. The maximum atomic E-state index is 12.1. The van der Waals surface area contributed by atoms with Gasteiger partial charge in [0.15, 0.2) is 0 Å². The monoisotopic (exact) mass is 320 g/mol. The molecule has 3 rings (SSSR count). The third kappa shape index (κ3) is 2.71. The fourth-order valence-electron chi connectivity index (χ4n) is 3.06. The van der Waals surface area contributed by atoms with Gasteiger partial charge in [-0.05, 0) is 19.9 Å². The Morgan fingerprint density at radius 2 is 1.62 bits per heavy atom. The van der Waals surface area contributed by atoms with Gasteiger partial charge in [-0.25, -0.2) is 9.78 Å². The van der Waals surface area contributed by atoms with Gasteiger partial charge in [-0.2, -0.15) is 0 Å². The number of carboxylic acids is 1. The molecule has 0 atom stereocenters. The molecule has 0 radical (unpaired) electrons. The highest BCUT2D eigenvalue weighted by Crippen LogP contribution is 2.36. The van der Waals surface area contributed by atoms with Crippen molar-refractivity contribution in [2.24, 2.45) is 0 Å². The Morgan fingerprint density at radius 3 is 2.25 bits per heavy atom. The van der Waals surface area contributed by atoms with Crippen molar-refractivity contribution in [3.05, 3.63) is 60.2 Å². The van der Waals surface area contributed by atoms with E-state index in [1.807, 2.05) is 68.4 Å². The predicted octanol–water partition coefficient (Wildman–Crippen LogP) is 4.45. The summed E-state index contributed by atoms with van der Waals surface area (Å²) in [5, 5.41) is 10.6. The molecule has 0 bridgehead atoms. The Balaban J connectivity index is 2.45.